The summed E-state index contributed by atoms with van der Waals surface area (Å²) < 4.78 is 0. The monoisotopic (exact) mass is 507 g/mol. The lowest BCUT2D eigenvalue weighted by Crippen LogP contribution is -2.28. The fraction of sp³-hybridized carbons (Fsp3) is 0.194. The van der Waals surface area contributed by atoms with Gasteiger partial charge in [-0.3, -0.25) is 14.4 Å². The number of nitrogens with zero attached hydrogens (tertiary/aromatic N) is 1. The van der Waals surface area contributed by atoms with Crippen LogP contribution in [0.15, 0.2) is 95.9 Å². The van der Waals surface area contributed by atoms with Gasteiger partial charge in [-0.1, -0.05) is 66.7 Å². The maximum absolute atomic E-state index is 13.0. The molecule has 7 nitrogen and oxygen atoms in total. The van der Waals surface area contributed by atoms with E-state index in [1.54, 1.807) is 23.2 Å². The minimum Gasteiger partial charge on any atom is -0.480 e. The van der Waals surface area contributed by atoms with Crippen molar-refractivity contribution >= 4 is 17.6 Å². The number of hydrogen-bond donors (Lipinski definition) is 3. The van der Waals surface area contributed by atoms with Crippen LogP contribution in [0.25, 0.3) is 0 Å². The third-order valence-electron chi connectivity index (χ3n) is 6.98. The third kappa shape index (κ3) is 5.37. The Kier molecular flexibility index (Phi) is 7.35. The first-order chi connectivity index (χ1) is 18.5. The van der Waals surface area contributed by atoms with E-state index in [4.69, 9.17) is 5.11 Å². The van der Waals surface area contributed by atoms with Gasteiger partial charge < -0.3 is 20.3 Å². The first-order valence-corrected chi connectivity index (χ1v) is 12.7. The van der Waals surface area contributed by atoms with Gasteiger partial charge in [0, 0.05) is 42.0 Å². The Bertz CT molecular complexity index is 1460. The molecule has 0 atom stereocenters. The van der Waals surface area contributed by atoms with E-state index in [2.05, 4.69) is 34.6 Å². The molecule has 1 aliphatic heterocycles. The van der Waals surface area contributed by atoms with Crippen molar-refractivity contribution in [3.63, 3.8) is 0 Å². The predicted octanol–water partition coefficient (Wildman–Crippen LogP) is 3.97. The Morgan fingerprint density at radius 2 is 1.61 bits per heavy atom. The average molecular weight is 508 g/mol. The Morgan fingerprint density at radius 3 is 2.26 bits per heavy atom. The van der Waals surface area contributed by atoms with Gasteiger partial charge in [0.25, 0.3) is 11.5 Å². The fourth-order valence-electron chi connectivity index (χ4n) is 5.22. The molecule has 1 aliphatic rings. The van der Waals surface area contributed by atoms with Crippen molar-refractivity contribution in [1.29, 1.82) is 0 Å². The minimum atomic E-state index is -0.901. The van der Waals surface area contributed by atoms with Crippen LogP contribution in [-0.4, -0.2) is 41.6 Å². The van der Waals surface area contributed by atoms with Crippen molar-refractivity contribution in [3.05, 3.63) is 135 Å². The van der Waals surface area contributed by atoms with Crippen LogP contribution in [0, 0.1) is 0 Å². The van der Waals surface area contributed by atoms with Crippen molar-refractivity contribution in [2.45, 2.75) is 18.8 Å². The smallest absolute Gasteiger partial charge is 0.323 e. The summed E-state index contributed by atoms with van der Waals surface area (Å²) in [6.45, 7) is 0.775. The summed E-state index contributed by atoms with van der Waals surface area (Å²) in [6, 6.07) is 27.6. The molecular formula is C31H29N3O4. The Hall–Kier alpha value is -4.65. The molecule has 1 aromatic heterocycles. The van der Waals surface area contributed by atoms with Gasteiger partial charge in [0.15, 0.2) is 0 Å². The largest absolute Gasteiger partial charge is 0.480 e. The van der Waals surface area contributed by atoms with Crippen molar-refractivity contribution in [1.82, 2.24) is 10.3 Å². The predicted molar refractivity (Wildman–Crippen MR) is 147 cm³/mol. The van der Waals surface area contributed by atoms with E-state index in [9.17, 15) is 14.4 Å². The molecule has 5 rings (SSSR count). The second-order valence-electron chi connectivity index (χ2n) is 9.42. The van der Waals surface area contributed by atoms with Gasteiger partial charge in [-0.15, -0.1) is 0 Å². The number of benzene rings is 3. The molecule has 192 valence electrons. The number of aromatic nitrogens is 1. The Morgan fingerprint density at radius 1 is 0.921 bits per heavy atom. The van der Waals surface area contributed by atoms with E-state index in [1.807, 2.05) is 48.5 Å². The molecule has 0 aliphatic carbocycles. The van der Waals surface area contributed by atoms with Crippen molar-refractivity contribution < 1.29 is 14.7 Å². The summed E-state index contributed by atoms with van der Waals surface area (Å²) in [5.74, 6) is -1.16. The van der Waals surface area contributed by atoms with Crippen LogP contribution < -0.4 is 15.8 Å². The van der Waals surface area contributed by atoms with Gasteiger partial charge in [-0.05, 0) is 53.3 Å². The number of carboxylic acid groups (broad SMARTS) is 1. The van der Waals surface area contributed by atoms with Gasteiger partial charge in [-0.2, -0.15) is 0 Å². The van der Waals surface area contributed by atoms with Gasteiger partial charge in [0.1, 0.15) is 6.54 Å². The van der Waals surface area contributed by atoms with Crippen LogP contribution in [0.1, 0.15) is 44.1 Å². The average Bonchev–Trinajstić information content (AvgIpc) is 3.34. The van der Waals surface area contributed by atoms with E-state index >= 15 is 0 Å². The zero-order valence-corrected chi connectivity index (χ0v) is 20.9. The molecule has 0 unspecified atom stereocenters. The Labute approximate surface area is 220 Å². The van der Waals surface area contributed by atoms with Crippen LogP contribution >= 0.6 is 0 Å². The van der Waals surface area contributed by atoms with Crippen molar-refractivity contribution in [2.24, 2.45) is 0 Å². The molecule has 3 N–H and O–H groups in total. The number of nitrogens with one attached hydrogen (secondary N) is 2. The van der Waals surface area contributed by atoms with E-state index in [1.165, 1.54) is 0 Å². The van der Waals surface area contributed by atoms with Crippen LogP contribution in [0.2, 0.25) is 0 Å². The van der Waals surface area contributed by atoms with Crippen LogP contribution in [0.5, 0.6) is 0 Å². The minimum absolute atomic E-state index is 0.0387. The lowest BCUT2D eigenvalue weighted by Gasteiger charge is -2.19. The molecule has 38 heavy (non-hydrogen) atoms. The number of aliphatic carboxylic acids is 1. The van der Waals surface area contributed by atoms with E-state index < -0.39 is 5.97 Å². The maximum Gasteiger partial charge on any atom is 0.323 e. The molecule has 0 saturated carbocycles. The summed E-state index contributed by atoms with van der Waals surface area (Å²) in [5.41, 5.74) is 5.85. The number of hydrogen-bond acceptors (Lipinski definition) is 4. The Balaban J connectivity index is 1.32. The molecular weight excluding hydrogens is 478 g/mol. The number of aromatic amines is 1. The summed E-state index contributed by atoms with van der Waals surface area (Å²) in [6.07, 6.45) is 2.77. The number of carbonyl (C=O) groups excluding carboxylic acids is 1. The molecule has 0 fully saturated rings. The second-order valence-corrected chi connectivity index (χ2v) is 9.42. The molecule has 3 aromatic carbocycles. The normalized spacial score (nSPS) is 12.4. The summed E-state index contributed by atoms with van der Waals surface area (Å²) in [4.78, 5) is 41.5. The zero-order chi connectivity index (χ0) is 26.5. The lowest BCUT2D eigenvalue weighted by molar-refractivity contribution is -0.135. The molecule has 0 saturated heterocycles. The number of rotatable bonds is 9. The molecule has 2 heterocycles. The summed E-state index contributed by atoms with van der Waals surface area (Å²) in [5, 5.41) is 12.1. The molecule has 7 heteroatoms. The number of anilines is 1. The second kappa shape index (κ2) is 11.2. The van der Waals surface area contributed by atoms with E-state index in [-0.39, 0.29) is 23.9 Å². The quantitative estimate of drug-likeness (QED) is 0.318. The van der Waals surface area contributed by atoms with Gasteiger partial charge in [0.05, 0.1) is 0 Å². The highest BCUT2D eigenvalue weighted by atomic mass is 16.4. The molecule has 4 aromatic rings. The van der Waals surface area contributed by atoms with Crippen LogP contribution in [0.3, 0.4) is 0 Å². The molecule has 0 spiro atoms. The topological polar surface area (TPSA) is 102 Å². The first-order valence-electron chi connectivity index (χ1n) is 12.7. The number of pyridine rings is 1. The number of amides is 1. The van der Waals surface area contributed by atoms with Gasteiger partial charge in [-0.25, -0.2) is 0 Å². The summed E-state index contributed by atoms with van der Waals surface area (Å²) in [7, 11) is 0. The number of carbonyl (C=O) groups is 2. The van der Waals surface area contributed by atoms with Crippen LogP contribution in [0.4, 0.5) is 5.69 Å². The van der Waals surface area contributed by atoms with Crippen molar-refractivity contribution in [2.75, 3.05) is 24.5 Å². The third-order valence-corrected chi connectivity index (χ3v) is 6.98. The first kappa shape index (κ1) is 25.0. The van der Waals surface area contributed by atoms with E-state index in [0.717, 1.165) is 27.9 Å². The maximum atomic E-state index is 13.0. The van der Waals surface area contributed by atoms with Gasteiger partial charge >= 0.3 is 5.97 Å². The fourth-order valence-corrected chi connectivity index (χ4v) is 5.22. The molecule has 1 amide bonds. The number of fused-ring (bicyclic) bond motifs is 1. The number of carboxylic acids is 1. The highest BCUT2D eigenvalue weighted by Gasteiger charge is 2.25. The lowest BCUT2D eigenvalue weighted by atomic mass is 9.85. The zero-order valence-electron chi connectivity index (χ0n) is 20.9. The summed E-state index contributed by atoms with van der Waals surface area (Å²) >= 11 is 0. The van der Waals surface area contributed by atoms with E-state index in [0.29, 0.717) is 37.1 Å². The van der Waals surface area contributed by atoms with Crippen LogP contribution in [-0.2, 0) is 17.6 Å². The SMILES string of the molecule is O=C(O)CN1CCc2c(C(=O)NCCc3cc(C(c4ccccc4)c4ccccc4)c[nH]c3=O)cccc21. The molecule has 0 radical (unpaired) electrons. The number of H-pyrrole nitrogens is 1. The molecule has 0 bridgehead atoms. The highest BCUT2D eigenvalue weighted by molar-refractivity contribution is 5.97. The van der Waals surface area contributed by atoms with Crippen molar-refractivity contribution in [3.8, 4) is 0 Å². The van der Waals surface area contributed by atoms with Gasteiger partial charge in [0.2, 0.25) is 0 Å². The standard InChI is InChI=1S/C31H29N3O4/c35-28(36)20-34-17-15-25-26(12-7-13-27(25)34)31(38)32-16-14-23-18-24(19-33-30(23)37)29(21-8-3-1-4-9-21)22-10-5-2-6-11-22/h1-13,18-19,29H,14-17,20H2,(H,32,38)(H,33,37)(H,35,36). The highest BCUT2D eigenvalue weighted by Crippen LogP contribution is 2.32.